The molecule has 2 heterocycles. The van der Waals surface area contributed by atoms with E-state index in [-0.39, 0.29) is 5.69 Å². The van der Waals surface area contributed by atoms with E-state index in [4.69, 9.17) is 0 Å². The highest BCUT2D eigenvalue weighted by Crippen LogP contribution is 2.32. The van der Waals surface area contributed by atoms with Crippen LogP contribution in [0.5, 0.6) is 0 Å². The summed E-state index contributed by atoms with van der Waals surface area (Å²) in [6.45, 7) is 4.03. The molecule has 0 bridgehead atoms. The van der Waals surface area contributed by atoms with Crippen molar-refractivity contribution in [3.63, 3.8) is 0 Å². The molecule has 2 aromatic carbocycles. The van der Waals surface area contributed by atoms with Crippen LogP contribution in [0.25, 0.3) is 16.6 Å². The molecular formula is C18H14BrN5O2. The Bertz CT molecular complexity index is 1160. The molecule has 0 unspecified atom stereocenters. The van der Waals surface area contributed by atoms with Crippen molar-refractivity contribution in [2.45, 2.75) is 13.8 Å². The average Bonchev–Trinajstić information content (AvgIpc) is 3.07. The summed E-state index contributed by atoms with van der Waals surface area (Å²) in [4.78, 5) is 19.8. The van der Waals surface area contributed by atoms with Crippen LogP contribution in [0, 0.1) is 24.0 Å². The third kappa shape index (κ3) is 2.59. The molecule has 0 atom stereocenters. The van der Waals surface area contributed by atoms with Crippen LogP contribution in [0.3, 0.4) is 0 Å². The molecule has 0 fully saturated rings. The summed E-state index contributed by atoms with van der Waals surface area (Å²) in [6, 6.07) is 8.91. The molecule has 2 aromatic heterocycles. The zero-order chi connectivity index (χ0) is 18.4. The number of aromatic nitrogens is 3. The summed E-state index contributed by atoms with van der Waals surface area (Å²) in [6.07, 6.45) is 3.22. The second kappa shape index (κ2) is 6.06. The molecule has 0 aliphatic carbocycles. The summed E-state index contributed by atoms with van der Waals surface area (Å²) in [5.74, 6) is 0.601. The van der Waals surface area contributed by atoms with E-state index in [1.165, 1.54) is 6.07 Å². The van der Waals surface area contributed by atoms with Gasteiger partial charge in [-0.25, -0.2) is 9.97 Å². The molecule has 8 heteroatoms. The second-order valence-corrected chi connectivity index (χ2v) is 6.97. The van der Waals surface area contributed by atoms with Crippen molar-refractivity contribution in [2.24, 2.45) is 0 Å². The first kappa shape index (κ1) is 16.5. The molecule has 26 heavy (non-hydrogen) atoms. The molecule has 7 nitrogen and oxygen atoms in total. The van der Waals surface area contributed by atoms with E-state index in [0.717, 1.165) is 21.3 Å². The van der Waals surface area contributed by atoms with Crippen molar-refractivity contribution in [3.8, 4) is 0 Å². The number of hydrogen-bond acceptors (Lipinski definition) is 5. The largest absolute Gasteiger partial charge is 0.338 e. The van der Waals surface area contributed by atoms with Crippen LogP contribution in [-0.2, 0) is 0 Å². The molecule has 0 saturated carbocycles. The third-order valence-electron chi connectivity index (χ3n) is 4.29. The Balaban J connectivity index is 1.97. The van der Waals surface area contributed by atoms with Gasteiger partial charge in [0.05, 0.1) is 16.6 Å². The molecule has 4 aromatic rings. The maximum atomic E-state index is 11.4. The normalized spacial score (nSPS) is 11.2. The first-order chi connectivity index (χ1) is 12.5. The lowest BCUT2D eigenvalue weighted by Crippen LogP contribution is -2.03. The zero-order valence-corrected chi connectivity index (χ0v) is 15.6. The number of rotatable bonds is 3. The Kier molecular flexibility index (Phi) is 3.84. The predicted octanol–water partition coefficient (Wildman–Crippen LogP) is 4.91. The van der Waals surface area contributed by atoms with Crippen molar-refractivity contribution in [2.75, 3.05) is 5.32 Å². The molecule has 4 rings (SSSR count). The highest BCUT2D eigenvalue weighted by molar-refractivity contribution is 9.10. The summed E-state index contributed by atoms with van der Waals surface area (Å²) >= 11 is 3.50. The van der Waals surface area contributed by atoms with Gasteiger partial charge in [-0.2, -0.15) is 0 Å². The van der Waals surface area contributed by atoms with Crippen LogP contribution in [0.4, 0.5) is 17.2 Å². The van der Waals surface area contributed by atoms with Gasteiger partial charge < -0.3 is 5.32 Å². The van der Waals surface area contributed by atoms with E-state index < -0.39 is 4.92 Å². The Morgan fingerprint density at radius 1 is 1.23 bits per heavy atom. The van der Waals surface area contributed by atoms with Gasteiger partial charge in [0.1, 0.15) is 11.8 Å². The van der Waals surface area contributed by atoms with Gasteiger partial charge in [0.15, 0.2) is 11.3 Å². The van der Waals surface area contributed by atoms with Crippen LogP contribution in [0.1, 0.15) is 11.1 Å². The number of nitro benzene ring substituents is 1. The number of anilines is 2. The standard InChI is InChI=1S/C18H14BrN5O2/c1-10-6-12(19)7-11(2)16(10)22-18-15-8-20-9-23(15)17-13(21-18)4-3-5-14(17)24(25)26/h3-9H,1-2H3,(H,21,22). The van der Waals surface area contributed by atoms with E-state index in [0.29, 0.717) is 22.4 Å². The van der Waals surface area contributed by atoms with Crippen LogP contribution in [-0.4, -0.2) is 19.3 Å². The molecular weight excluding hydrogens is 398 g/mol. The lowest BCUT2D eigenvalue weighted by Gasteiger charge is -2.15. The van der Waals surface area contributed by atoms with Crippen molar-refractivity contribution >= 4 is 49.7 Å². The summed E-state index contributed by atoms with van der Waals surface area (Å²) in [5, 5.41) is 14.8. The number of nitrogens with one attached hydrogen (secondary N) is 1. The van der Waals surface area contributed by atoms with Crippen LogP contribution in [0.15, 0.2) is 47.3 Å². The maximum Gasteiger partial charge on any atom is 0.295 e. The Labute approximate surface area is 157 Å². The molecule has 0 spiro atoms. The van der Waals surface area contributed by atoms with Gasteiger partial charge in [-0.3, -0.25) is 14.5 Å². The summed E-state index contributed by atoms with van der Waals surface area (Å²) in [5.41, 5.74) is 4.72. The molecule has 1 N–H and O–H groups in total. The molecule has 0 aliphatic rings. The molecule has 0 saturated heterocycles. The van der Waals surface area contributed by atoms with Gasteiger partial charge in [0.25, 0.3) is 5.69 Å². The second-order valence-electron chi connectivity index (χ2n) is 6.05. The number of non-ortho nitro benzene ring substituents is 1. The SMILES string of the molecule is Cc1cc(Br)cc(C)c1Nc1nc2cccc([N+](=O)[O-])c2n2cncc12. The minimum atomic E-state index is -0.403. The molecule has 0 aliphatic heterocycles. The number of benzene rings is 2. The van der Waals surface area contributed by atoms with Gasteiger partial charge in [-0.05, 0) is 43.2 Å². The van der Waals surface area contributed by atoms with Gasteiger partial charge in [0, 0.05) is 16.2 Å². The van der Waals surface area contributed by atoms with Gasteiger partial charge in [-0.1, -0.05) is 22.0 Å². The van der Waals surface area contributed by atoms with Crippen LogP contribution in [0.2, 0.25) is 0 Å². The van der Waals surface area contributed by atoms with Crippen LogP contribution >= 0.6 is 15.9 Å². The van der Waals surface area contributed by atoms with Gasteiger partial charge in [0.2, 0.25) is 0 Å². The average molecular weight is 412 g/mol. The zero-order valence-electron chi connectivity index (χ0n) is 14.0. The van der Waals surface area contributed by atoms with Gasteiger partial charge >= 0.3 is 0 Å². The lowest BCUT2D eigenvalue weighted by atomic mass is 10.1. The number of nitrogens with zero attached hydrogens (tertiary/aromatic N) is 4. The number of halogens is 1. The fraction of sp³-hybridized carbons (Fsp3) is 0.111. The highest BCUT2D eigenvalue weighted by atomic mass is 79.9. The molecule has 0 amide bonds. The number of para-hydroxylation sites is 1. The quantitative estimate of drug-likeness (QED) is 0.382. The number of hydrogen-bond donors (Lipinski definition) is 1. The topological polar surface area (TPSA) is 85.4 Å². The van der Waals surface area contributed by atoms with E-state index in [9.17, 15) is 10.1 Å². The monoisotopic (exact) mass is 411 g/mol. The van der Waals surface area contributed by atoms with Crippen molar-refractivity contribution < 1.29 is 4.92 Å². The van der Waals surface area contributed by atoms with E-state index in [1.54, 1.807) is 29.1 Å². The van der Waals surface area contributed by atoms with Crippen molar-refractivity contribution in [1.82, 2.24) is 14.4 Å². The number of aryl methyl sites for hydroxylation is 2. The summed E-state index contributed by atoms with van der Waals surface area (Å²) < 4.78 is 2.71. The Hall–Kier alpha value is -3.00. The fourth-order valence-corrected chi connectivity index (χ4v) is 3.83. The highest BCUT2D eigenvalue weighted by Gasteiger charge is 2.18. The van der Waals surface area contributed by atoms with Crippen molar-refractivity contribution in [3.05, 3.63) is 68.6 Å². The Morgan fingerprint density at radius 2 is 1.96 bits per heavy atom. The number of nitro groups is 1. The minimum Gasteiger partial charge on any atom is -0.338 e. The fourth-order valence-electron chi connectivity index (χ4n) is 3.15. The lowest BCUT2D eigenvalue weighted by molar-refractivity contribution is -0.383. The minimum absolute atomic E-state index is 0.000512. The van der Waals surface area contributed by atoms with Crippen LogP contribution < -0.4 is 5.32 Å². The Morgan fingerprint density at radius 3 is 2.65 bits per heavy atom. The number of fused-ring (bicyclic) bond motifs is 3. The van der Waals surface area contributed by atoms with E-state index in [2.05, 4.69) is 31.2 Å². The third-order valence-corrected chi connectivity index (χ3v) is 4.74. The summed E-state index contributed by atoms with van der Waals surface area (Å²) in [7, 11) is 0. The molecule has 0 radical (unpaired) electrons. The number of imidazole rings is 1. The first-order valence-corrected chi connectivity index (χ1v) is 8.68. The van der Waals surface area contributed by atoms with E-state index in [1.807, 2.05) is 26.0 Å². The van der Waals surface area contributed by atoms with Crippen molar-refractivity contribution in [1.29, 1.82) is 0 Å². The smallest absolute Gasteiger partial charge is 0.295 e. The maximum absolute atomic E-state index is 11.4. The first-order valence-electron chi connectivity index (χ1n) is 7.88. The van der Waals surface area contributed by atoms with Gasteiger partial charge in [-0.15, -0.1) is 0 Å². The van der Waals surface area contributed by atoms with E-state index >= 15 is 0 Å². The molecule has 130 valence electrons. The predicted molar refractivity (Wildman–Crippen MR) is 104 cm³/mol.